The fourth-order valence-corrected chi connectivity index (χ4v) is 3.02. The number of hydrogen-bond donors (Lipinski definition) is 2. The highest BCUT2D eigenvalue weighted by molar-refractivity contribution is 7.71. The molecular formula is C16H11Cl2N3O2S. The second-order valence-corrected chi connectivity index (χ2v) is 6.30. The molecule has 0 aliphatic heterocycles. The molecule has 1 heterocycles. The molecule has 0 fully saturated rings. The average Bonchev–Trinajstić information content (AvgIpc) is 2.89. The van der Waals surface area contributed by atoms with Gasteiger partial charge in [-0.1, -0.05) is 35.3 Å². The van der Waals surface area contributed by atoms with Crippen molar-refractivity contribution in [3.63, 3.8) is 0 Å². The largest absolute Gasteiger partial charge is 0.478 e. The summed E-state index contributed by atoms with van der Waals surface area (Å²) in [4.78, 5) is 11.1. The fraction of sp³-hybridized carbons (Fsp3) is 0.0625. The molecule has 8 heteroatoms. The number of rotatable bonds is 4. The summed E-state index contributed by atoms with van der Waals surface area (Å²) >= 11 is 17.5. The first-order chi connectivity index (χ1) is 11.5. The maximum absolute atomic E-state index is 11.1. The van der Waals surface area contributed by atoms with E-state index in [1.54, 1.807) is 34.9 Å². The Bertz CT molecular complexity index is 981. The Kier molecular flexibility index (Phi) is 4.71. The van der Waals surface area contributed by atoms with E-state index in [0.717, 1.165) is 5.56 Å². The molecule has 0 aliphatic carbocycles. The number of aromatic amines is 1. The van der Waals surface area contributed by atoms with Gasteiger partial charge in [0, 0.05) is 10.6 Å². The van der Waals surface area contributed by atoms with E-state index >= 15 is 0 Å². The van der Waals surface area contributed by atoms with Crippen molar-refractivity contribution in [2.45, 2.75) is 6.54 Å². The molecule has 3 aromatic rings. The van der Waals surface area contributed by atoms with E-state index < -0.39 is 5.97 Å². The van der Waals surface area contributed by atoms with Crippen molar-refractivity contribution in [2.24, 2.45) is 0 Å². The van der Waals surface area contributed by atoms with Crippen LogP contribution in [0.5, 0.6) is 0 Å². The van der Waals surface area contributed by atoms with Gasteiger partial charge in [-0.25, -0.2) is 4.79 Å². The van der Waals surface area contributed by atoms with Crippen LogP contribution in [0.2, 0.25) is 10.0 Å². The van der Waals surface area contributed by atoms with Gasteiger partial charge in [-0.3, -0.25) is 9.67 Å². The molecule has 0 spiro atoms. The van der Waals surface area contributed by atoms with E-state index in [1.807, 2.05) is 6.07 Å². The number of aromatic carboxylic acids is 1. The van der Waals surface area contributed by atoms with Gasteiger partial charge in [0.25, 0.3) is 0 Å². The number of aromatic nitrogens is 3. The molecule has 0 saturated carbocycles. The van der Waals surface area contributed by atoms with Gasteiger partial charge in [-0.15, -0.1) is 0 Å². The van der Waals surface area contributed by atoms with Crippen LogP contribution >= 0.6 is 35.4 Å². The minimum Gasteiger partial charge on any atom is -0.478 e. The fourth-order valence-electron chi connectivity index (χ4n) is 2.33. The smallest absolute Gasteiger partial charge is 0.335 e. The molecule has 0 amide bonds. The number of hydrogen-bond acceptors (Lipinski definition) is 3. The van der Waals surface area contributed by atoms with Crippen molar-refractivity contribution < 1.29 is 9.90 Å². The van der Waals surface area contributed by atoms with Crippen LogP contribution in [-0.2, 0) is 6.54 Å². The molecule has 0 bridgehead atoms. The zero-order valence-corrected chi connectivity index (χ0v) is 14.5. The van der Waals surface area contributed by atoms with E-state index in [-0.39, 0.29) is 5.56 Å². The summed E-state index contributed by atoms with van der Waals surface area (Å²) in [7, 11) is 0. The summed E-state index contributed by atoms with van der Waals surface area (Å²) < 4.78 is 2.17. The Balaban J connectivity index is 2.04. The van der Waals surface area contributed by atoms with Crippen LogP contribution in [0.25, 0.3) is 11.4 Å². The monoisotopic (exact) mass is 379 g/mol. The Labute approximate surface area is 152 Å². The van der Waals surface area contributed by atoms with Crippen LogP contribution in [0.4, 0.5) is 0 Å². The van der Waals surface area contributed by atoms with Gasteiger partial charge in [0.15, 0.2) is 10.6 Å². The minimum atomic E-state index is -0.978. The lowest BCUT2D eigenvalue weighted by Crippen LogP contribution is -2.04. The topological polar surface area (TPSA) is 70.9 Å². The molecule has 5 nitrogen and oxygen atoms in total. The molecular weight excluding hydrogens is 369 g/mol. The third kappa shape index (κ3) is 3.36. The predicted octanol–water partition coefficient (Wildman–Crippen LogP) is 4.66. The van der Waals surface area contributed by atoms with E-state index in [2.05, 4.69) is 10.2 Å². The number of nitrogens with zero attached hydrogens (tertiary/aromatic N) is 2. The average molecular weight is 380 g/mol. The number of H-pyrrole nitrogens is 1. The molecule has 2 N–H and O–H groups in total. The van der Waals surface area contributed by atoms with Gasteiger partial charge in [0.1, 0.15) is 0 Å². The Morgan fingerprint density at radius 3 is 2.75 bits per heavy atom. The summed E-state index contributed by atoms with van der Waals surface area (Å²) in [6.45, 7) is 0.366. The van der Waals surface area contributed by atoms with E-state index in [9.17, 15) is 4.79 Å². The van der Waals surface area contributed by atoms with E-state index in [1.165, 1.54) is 6.07 Å². The van der Waals surface area contributed by atoms with E-state index in [4.69, 9.17) is 40.5 Å². The number of benzene rings is 2. The lowest BCUT2D eigenvalue weighted by atomic mass is 10.1. The van der Waals surface area contributed by atoms with Gasteiger partial charge < -0.3 is 5.11 Å². The van der Waals surface area contributed by atoms with E-state index in [0.29, 0.717) is 32.7 Å². The molecule has 0 radical (unpaired) electrons. The standard InChI is InChI=1S/C16H11Cl2N3O2S/c17-11-4-5-12(13(18)7-11)14-19-20-16(24)21(14)8-9-2-1-3-10(6-9)15(22)23/h1-7H,8H2,(H,20,24)(H,22,23). The summed E-state index contributed by atoms with van der Waals surface area (Å²) in [6, 6.07) is 11.8. The zero-order valence-electron chi connectivity index (χ0n) is 12.2. The Morgan fingerprint density at radius 2 is 2.04 bits per heavy atom. The van der Waals surface area contributed by atoms with Crippen molar-refractivity contribution in [2.75, 3.05) is 0 Å². The molecule has 0 saturated heterocycles. The highest BCUT2D eigenvalue weighted by Gasteiger charge is 2.13. The summed E-state index contributed by atoms with van der Waals surface area (Å²) in [6.07, 6.45) is 0. The normalized spacial score (nSPS) is 10.8. The summed E-state index contributed by atoms with van der Waals surface area (Å²) in [5, 5.41) is 17.1. The molecule has 0 unspecified atom stereocenters. The number of carboxylic acids is 1. The number of carbonyl (C=O) groups is 1. The molecule has 3 rings (SSSR count). The van der Waals surface area contributed by atoms with Gasteiger partial charge in [0.05, 0.1) is 17.1 Å². The first-order valence-electron chi connectivity index (χ1n) is 6.88. The lowest BCUT2D eigenvalue weighted by molar-refractivity contribution is 0.0696. The maximum Gasteiger partial charge on any atom is 0.335 e. The van der Waals surface area contributed by atoms with Crippen molar-refractivity contribution in [1.82, 2.24) is 14.8 Å². The lowest BCUT2D eigenvalue weighted by Gasteiger charge is -2.09. The van der Waals surface area contributed by atoms with Crippen LogP contribution in [0, 0.1) is 4.77 Å². The van der Waals surface area contributed by atoms with Gasteiger partial charge in [0.2, 0.25) is 0 Å². The van der Waals surface area contributed by atoms with Crippen LogP contribution < -0.4 is 0 Å². The van der Waals surface area contributed by atoms with Crippen LogP contribution in [-0.4, -0.2) is 25.8 Å². The van der Waals surface area contributed by atoms with Crippen molar-refractivity contribution in [3.05, 3.63) is 68.4 Å². The SMILES string of the molecule is O=C(O)c1cccc(Cn2c(-c3ccc(Cl)cc3Cl)n[nH]c2=S)c1. The Hall–Kier alpha value is -2.15. The second kappa shape index (κ2) is 6.76. The number of halogens is 2. The molecule has 0 aliphatic rings. The van der Waals surface area contributed by atoms with Crippen molar-refractivity contribution >= 4 is 41.4 Å². The quantitative estimate of drug-likeness (QED) is 0.646. The van der Waals surface area contributed by atoms with Crippen molar-refractivity contribution in [3.8, 4) is 11.4 Å². The minimum absolute atomic E-state index is 0.216. The summed E-state index contributed by atoms with van der Waals surface area (Å²) in [5.74, 6) is -0.420. The molecule has 1 aromatic heterocycles. The molecule has 2 aromatic carbocycles. The third-order valence-electron chi connectivity index (χ3n) is 3.44. The third-order valence-corrected chi connectivity index (χ3v) is 4.30. The van der Waals surface area contributed by atoms with Gasteiger partial charge >= 0.3 is 5.97 Å². The highest BCUT2D eigenvalue weighted by atomic mass is 35.5. The highest BCUT2D eigenvalue weighted by Crippen LogP contribution is 2.29. The van der Waals surface area contributed by atoms with Gasteiger partial charge in [-0.05, 0) is 48.1 Å². The molecule has 0 atom stereocenters. The van der Waals surface area contributed by atoms with Crippen LogP contribution in [0.15, 0.2) is 42.5 Å². The summed E-state index contributed by atoms with van der Waals surface area (Å²) in [5.41, 5.74) is 1.69. The Morgan fingerprint density at radius 1 is 1.25 bits per heavy atom. The van der Waals surface area contributed by atoms with Gasteiger partial charge in [-0.2, -0.15) is 5.10 Å². The second-order valence-electron chi connectivity index (χ2n) is 5.07. The number of nitrogens with one attached hydrogen (secondary N) is 1. The predicted molar refractivity (Wildman–Crippen MR) is 95.4 cm³/mol. The van der Waals surface area contributed by atoms with Crippen LogP contribution in [0.3, 0.4) is 0 Å². The zero-order chi connectivity index (χ0) is 17.3. The number of carboxylic acid groups (broad SMARTS) is 1. The maximum atomic E-state index is 11.1. The first-order valence-corrected chi connectivity index (χ1v) is 8.05. The first kappa shape index (κ1) is 16.7. The molecule has 24 heavy (non-hydrogen) atoms. The van der Waals surface area contributed by atoms with Crippen LogP contribution in [0.1, 0.15) is 15.9 Å². The van der Waals surface area contributed by atoms with Crippen molar-refractivity contribution in [1.29, 1.82) is 0 Å². The molecule has 122 valence electrons.